The first-order valence-electron chi connectivity index (χ1n) is 10.2. The van der Waals surface area contributed by atoms with Crippen molar-refractivity contribution in [2.45, 2.75) is 26.9 Å². The average Bonchev–Trinajstić information content (AvgIpc) is 3.37. The van der Waals surface area contributed by atoms with E-state index in [1.54, 1.807) is 6.07 Å². The Morgan fingerprint density at radius 2 is 1.79 bits per heavy atom. The summed E-state index contributed by atoms with van der Waals surface area (Å²) in [6.45, 7) is 4.13. The number of aromatic amines is 1. The number of methoxy groups -OCH3 is 1. The van der Waals surface area contributed by atoms with E-state index in [0.717, 1.165) is 27.9 Å². The van der Waals surface area contributed by atoms with Crippen LogP contribution in [-0.4, -0.2) is 38.7 Å². The Morgan fingerprint density at radius 3 is 2.42 bits per heavy atom. The summed E-state index contributed by atoms with van der Waals surface area (Å²) in [5.74, 6) is 0.577. The van der Waals surface area contributed by atoms with Crippen molar-refractivity contribution in [3.05, 3.63) is 77.1 Å². The van der Waals surface area contributed by atoms with Crippen LogP contribution in [0.5, 0.6) is 5.75 Å². The summed E-state index contributed by atoms with van der Waals surface area (Å²) in [4.78, 5) is 16.8. The number of aromatic nitrogens is 5. The fraction of sp³-hybridized carbons (Fsp3) is 0.208. The summed E-state index contributed by atoms with van der Waals surface area (Å²) in [7, 11) is 1.36. The number of rotatable bonds is 7. The Kier molecular flexibility index (Phi) is 7.74. The second-order valence-corrected chi connectivity index (χ2v) is 7.20. The molecule has 2 aromatic heterocycles. The van der Waals surface area contributed by atoms with Crippen LogP contribution < -0.4 is 4.74 Å². The fourth-order valence-electron chi connectivity index (χ4n) is 3.54. The number of hydrogen-bond donors (Lipinski definition) is 1. The molecule has 0 saturated heterocycles. The highest BCUT2D eigenvalue weighted by molar-refractivity contribution is 5.93. The summed E-state index contributed by atoms with van der Waals surface area (Å²) in [5, 5.41) is 14.3. The van der Waals surface area contributed by atoms with Gasteiger partial charge < -0.3 is 9.47 Å². The van der Waals surface area contributed by atoms with E-state index in [4.69, 9.17) is 9.47 Å². The Balaban J connectivity index is 0.00000306. The number of ether oxygens (including phenoxy) is 2. The molecule has 0 aliphatic carbocycles. The molecule has 4 rings (SSSR count). The second kappa shape index (κ2) is 10.7. The van der Waals surface area contributed by atoms with Gasteiger partial charge in [-0.25, -0.2) is 4.79 Å². The van der Waals surface area contributed by atoms with E-state index < -0.39 is 5.97 Å². The number of esters is 1. The lowest BCUT2D eigenvalue weighted by Crippen LogP contribution is -2.11. The minimum Gasteiger partial charge on any atom is -0.488 e. The fourth-order valence-corrected chi connectivity index (χ4v) is 3.54. The molecule has 0 aliphatic heterocycles. The lowest BCUT2D eigenvalue weighted by Gasteiger charge is -2.14. The van der Waals surface area contributed by atoms with Crippen LogP contribution in [0.3, 0.4) is 0 Å². The molecule has 0 aliphatic rings. The highest BCUT2D eigenvalue weighted by Crippen LogP contribution is 2.30. The van der Waals surface area contributed by atoms with Gasteiger partial charge in [0.05, 0.1) is 12.8 Å². The predicted molar refractivity (Wildman–Crippen MR) is 126 cm³/mol. The number of H-pyrrole nitrogens is 1. The van der Waals surface area contributed by atoms with Gasteiger partial charge in [0.25, 0.3) is 0 Å². The maximum atomic E-state index is 12.3. The summed E-state index contributed by atoms with van der Waals surface area (Å²) < 4.78 is 11.0. The number of carbonyl (C=O) groups excluding carboxylic acids is 1. The second-order valence-electron chi connectivity index (χ2n) is 7.20. The van der Waals surface area contributed by atoms with Gasteiger partial charge in [-0.05, 0) is 35.2 Å². The minimum absolute atomic E-state index is 0. The Bertz CT molecular complexity index is 1230. The molecule has 0 spiro atoms. The van der Waals surface area contributed by atoms with Crippen molar-refractivity contribution in [3.63, 3.8) is 0 Å². The highest BCUT2D eigenvalue weighted by atomic mass is 35.5. The molecule has 2 aromatic carbocycles. The summed E-state index contributed by atoms with van der Waals surface area (Å²) in [5.41, 5.74) is 5.73. The molecule has 2 heterocycles. The number of benzene rings is 2. The van der Waals surface area contributed by atoms with Gasteiger partial charge >= 0.3 is 5.97 Å². The number of hydrogen-bond acceptors (Lipinski definition) is 7. The molecule has 0 fully saturated rings. The number of halogens is 1. The van der Waals surface area contributed by atoms with Gasteiger partial charge in [-0.3, -0.25) is 4.98 Å². The molecule has 0 bridgehead atoms. The van der Waals surface area contributed by atoms with Gasteiger partial charge in [-0.1, -0.05) is 55.5 Å². The van der Waals surface area contributed by atoms with Crippen molar-refractivity contribution < 1.29 is 14.3 Å². The van der Waals surface area contributed by atoms with Crippen molar-refractivity contribution in [2.24, 2.45) is 0 Å². The van der Waals surface area contributed by atoms with Gasteiger partial charge in [0.15, 0.2) is 0 Å². The van der Waals surface area contributed by atoms with E-state index in [1.165, 1.54) is 7.11 Å². The van der Waals surface area contributed by atoms with E-state index in [0.29, 0.717) is 35.9 Å². The average molecular weight is 466 g/mol. The molecule has 8 nitrogen and oxygen atoms in total. The highest BCUT2D eigenvalue weighted by Gasteiger charge is 2.20. The maximum absolute atomic E-state index is 12.3. The molecule has 1 N–H and O–H groups in total. The topological polar surface area (TPSA) is 103 Å². The van der Waals surface area contributed by atoms with Gasteiger partial charge in [-0.15, -0.1) is 22.6 Å². The zero-order chi connectivity index (χ0) is 22.5. The first kappa shape index (κ1) is 23.9. The largest absolute Gasteiger partial charge is 0.488 e. The number of pyridine rings is 1. The van der Waals surface area contributed by atoms with Crippen LogP contribution in [-0.2, 0) is 17.8 Å². The quantitative estimate of drug-likeness (QED) is 0.398. The van der Waals surface area contributed by atoms with Crippen LogP contribution in [0.4, 0.5) is 0 Å². The molecule has 0 amide bonds. The number of nitrogens with one attached hydrogen (secondary N) is 1. The minimum atomic E-state index is -0.447. The third-order valence-corrected chi connectivity index (χ3v) is 5.08. The number of carbonyl (C=O) groups is 1. The van der Waals surface area contributed by atoms with Crippen molar-refractivity contribution >= 4 is 18.4 Å². The molecule has 0 unspecified atom stereocenters. The number of aryl methyl sites for hydroxylation is 2. The van der Waals surface area contributed by atoms with E-state index in [-0.39, 0.29) is 12.4 Å². The van der Waals surface area contributed by atoms with Gasteiger partial charge in [0.2, 0.25) is 5.82 Å². The Morgan fingerprint density at radius 1 is 1.06 bits per heavy atom. The summed E-state index contributed by atoms with van der Waals surface area (Å²) >= 11 is 0. The standard InChI is InChI=1S/C24H23N5O3.ClH/c1-4-20-22(24(30)31-3)21(13-15(2)25-20)32-14-16-9-11-17(12-10-16)18-7-5-6-8-19(18)23-26-28-29-27-23;/h5-13H,4,14H2,1-3H3,(H,26,27,28,29);1H. The van der Waals surface area contributed by atoms with Crippen LogP contribution >= 0.6 is 12.4 Å². The molecule has 0 saturated carbocycles. The normalized spacial score (nSPS) is 10.4. The SMILES string of the molecule is CCc1nc(C)cc(OCc2ccc(-c3ccccc3-c3nn[nH]n3)cc2)c1C(=O)OC.Cl. The van der Waals surface area contributed by atoms with E-state index >= 15 is 0 Å². The number of nitrogens with zero attached hydrogens (tertiary/aromatic N) is 4. The van der Waals surface area contributed by atoms with Gasteiger partial charge in [0.1, 0.15) is 17.9 Å². The lowest BCUT2D eigenvalue weighted by atomic mass is 9.98. The van der Waals surface area contributed by atoms with E-state index in [1.807, 2.05) is 62.4 Å². The van der Waals surface area contributed by atoms with Crippen molar-refractivity contribution in [1.82, 2.24) is 25.6 Å². The van der Waals surface area contributed by atoms with Crippen LogP contribution in [0.15, 0.2) is 54.6 Å². The van der Waals surface area contributed by atoms with Crippen LogP contribution in [0.25, 0.3) is 22.5 Å². The molecule has 0 radical (unpaired) electrons. The molecular weight excluding hydrogens is 442 g/mol. The third kappa shape index (κ3) is 5.18. The lowest BCUT2D eigenvalue weighted by molar-refractivity contribution is 0.0593. The van der Waals surface area contributed by atoms with Gasteiger partial charge in [-0.2, -0.15) is 5.21 Å². The molecule has 33 heavy (non-hydrogen) atoms. The molecule has 0 atom stereocenters. The Labute approximate surface area is 197 Å². The summed E-state index contributed by atoms with van der Waals surface area (Å²) in [6.07, 6.45) is 0.608. The third-order valence-electron chi connectivity index (χ3n) is 5.08. The molecule has 4 aromatic rings. The van der Waals surface area contributed by atoms with Gasteiger partial charge in [0, 0.05) is 17.3 Å². The zero-order valence-corrected chi connectivity index (χ0v) is 19.3. The van der Waals surface area contributed by atoms with Crippen LogP contribution in [0.2, 0.25) is 0 Å². The molecule has 9 heteroatoms. The Hall–Kier alpha value is -3.78. The predicted octanol–water partition coefficient (Wildman–Crippen LogP) is 4.59. The molecular formula is C24H24ClN5O3. The van der Waals surface area contributed by atoms with E-state index in [2.05, 4.69) is 25.6 Å². The smallest absolute Gasteiger partial charge is 0.343 e. The summed E-state index contributed by atoms with van der Waals surface area (Å²) in [6, 6.07) is 17.7. The van der Waals surface area contributed by atoms with Crippen molar-refractivity contribution in [2.75, 3.05) is 7.11 Å². The van der Waals surface area contributed by atoms with Crippen LogP contribution in [0, 0.1) is 6.92 Å². The first-order chi connectivity index (χ1) is 15.6. The zero-order valence-electron chi connectivity index (χ0n) is 18.5. The van der Waals surface area contributed by atoms with Crippen molar-refractivity contribution in [3.8, 4) is 28.3 Å². The van der Waals surface area contributed by atoms with Crippen molar-refractivity contribution in [1.29, 1.82) is 0 Å². The monoisotopic (exact) mass is 465 g/mol. The molecule has 170 valence electrons. The first-order valence-corrected chi connectivity index (χ1v) is 10.2. The van der Waals surface area contributed by atoms with E-state index in [9.17, 15) is 4.79 Å². The van der Waals surface area contributed by atoms with Crippen LogP contribution in [0.1, 0.15) is 34.2 Å². The maximum Gasteiger partial charge on any atom is 0.343 e. The number of tetrazole rings is 1.